The number of guanidine groups is 1. The first-order valence-corrected chi connectivity index (χ1v) is 11.4. The second-order valence-corrected chi connectivity index (χ2v) is 9.01. The molecule has 1 saturated heterocycles. The van der Waals surface area contributed by atoms with Crippen LogP contribution in [-0.4, -0.2) is 61.8 Å². The minimum Gasteiger partial charge on any atom is -0.508 e. The maximum Gasteiger partial charge on any atom is 0.213 e. The highest BCUT2D eigenvalue weighted by Crippen LogP contribution is 2.14. The summed E-state index contributed by atoms with van der Waals surface area (Å²) in [4.78, 5) is 4.64. The van der Waals surface area contributed by atoms with Gasteiger partial charge in [-0.2, -0.15) is 0 Å². The standard InChI is InChI=1S/C19H32N4O3S/c1-3-20-19(21-13-5-6-16-7-9-18(24)10-8-16)22-17-11-14-23(15-12-17)27(25,26)4-2/h7-10,17,24H,3-6,11-15H2,1-2H3,(H2,20,21,22). The van der Waals surface area contributed by atoms with Crippen LogP contribution >= 0.6 is 0 Å². The van der Waals surface area contributed by atoms with Crippen molar-refractivity contribution < 1.29 is 13.5 Å². The lowest BCUT2D eigenvalue weighted by molar-refractivity contribution is 0.306. The van der Waals surface area contributed by atoms with E-state index in [2.05, 4.69) is 15.6 Å². The lowest BCUT2D eigenvalue weighted by Gasteiger charge is -2.32. The Labute approximate surface area is 162 Å². The lowest BCUT2D eigenvalue weighted by atomic mass is 10.1. The molecule has 0 saturated carbocycles. The number of aromatic hydroxyl groups is 1. The second kappa shape index (κ2) is 10.5. The maximum atomic E-state index is 12.0. The fourth-order valence-corrected chi connectivity index (χ4v) is 4.24. The number of piperidine rings is 1. The Balaban J connectivity index is 1.79. The van der Waals surface area contributed by atoms with E-state index in [1.807, 2.05) is 19.1 Å². The fourth-order valence-electron chi connectivity index (χ4n) is 3.11. The van der Waals surface area contributed by atoms with E-state index in [4.69, 9.17) is 0 Å². The molecule has 0 aliphatic carbocycles. The van der Waals surface area contributed by atoms with Gasteiger partial charge in [0, 0.05) is 32.2 Å². The molecule has 1 fully saturated rings. The molecule has 1 aromatic rings. The van der Waals surface area contributed by atoms with Gasteiger partial charge < -0.3 is 15.7 Å². The predicted octanol–water partition coefficient (Wildman–Crippen LogP) is 1.69. The maximum absolute atomic E-state index is 12.0. The topological polar surface area (TPSA) is 94.0 Å². The van der Waals surface area contributed by atoms with Gasteiger partial charge in [-0.1, -0.05) is 12.1 Å². The Morgan fingerprint density at radius 3 is 2.48 bits per heavy atom. The highest BCUT2D eigenvalue weighted by molar-refractivity contribution is 7.89. The van der Waals surface area contributed by atoms with Gasteiger partial charge in [-0.05, 0) is 57.2 Å². The molecule has 0 amide bonds. The van der Waals surface area contributed by atoms with Crippen molar-refractivity contribution in [2.24, 2.45) is 4.99 Å². The average molecular weight is 397 g/mol. The van der Waals surface area contributed by atoms with Gasteiger partial charge in [0.15, 0.2) is 5.96 Å². The van der Waals surface area contributed by atoms with Crippen LogP contribution in [0.4, 0.5) is 0 Å². The third-order valence-corrected chi connectivity index (χ3v) is 6.61. The average Bonchev–Trinajstić information content (AvgIpc) is 2.67. The zero-order valence-electron chi connectivity index (χ0n) is 16.3. The minimum atomic E-state index is -3.09. The molecule has 0 aromatic heterocycles. The molecule has 8 heteroatoms. The molecule has 2 rings (SSSR count). The van der Waals surface area contributed by atoms with Crippen LogP contribution < -0.4 is 10.6 Å². The molecular formula is C19H32N4O3S. The monoisotopic (exact) mass is 396 g/mol. The largest absolute Gasteiger partial charge is 0.508 e. The second-order valence-electron chi connectivity index (χ2n) is 6.75. The summed E-state index contributed by atoms with van der Waals surface area (Å²) < 4.78 is 25.5. The van der Waals surface area contributed by atoms with Gasteiger partial charge in [0.25, 0.3) is 0 Å². The molecule has 0 unspecified atom stereocenters. The zero-order valence-corrected chi connectivity index (χ0v) is 17.1. The van der Waals surface area contributed by atoms with Gasteiger partial charge in [0.1, 0.15) is 5.75 Å². The number of rotatable bonds is 8. The van der Waals surface area contributed by atoms with E-state index in [1.165, 1.54) is 5.56 Å². The Bertz CT molecular complexity index is 696. The number of nitrogens with zero attached hydrogens (tertiary/aromatic N) is 2. The minimum absolute atomic E-state index is 0.163. The van der Waals surface area contributed by atoms with Crippen molar-refractivity contribution in [1.29, 1.82) is 0 Å². The number of aliphatic imine (C=N–C) groups is 1. The van der Waals surface area contributed by atoms with Gasteiger partial charge in [0.2, 0.25) is 10.0 Å². The molecule has 7 nitrogen and oxygen atoms in total. The number of nitrogens with one attached hydrogen (secondary N) is 2. The summed E-state index contributed by atoms with van der Waals surface area (Å²) in [6, 6.07) is 7.51. The van der Waals surface area contributed by atoms with E-state index in [1.54, 1.807) is 23.4 Å². The van der Waals surface area contributed by atoms with E-state index in [0.717, 1.165) is 38.2 Å². The van der Waals surface area contributed by atoms with E-state index < -0.39 is 10.0 Å². The van der Waals surface area contributed by atoms with Crippen LogP contribution in [0.15, 0.2) is 29.3 Å². The highest BCUT2D eigenvalue weighted by atomic mass is 32.2. The van der Waals surface area contributed by atoms with E-state index in [0.29, 0.717) is 19.6 Å². The number of hydrogen-bond acceptors (Lipinski definition) is 4. The molecule has 0 atom stereocenters. The Hall–Kier alpha value is -1.80. The summed E-state index contributed by atoms with van der Waals surface area (Å²) >= 11 is 0. The van der Waals surface area contributed by atoms with Gasteiger partial charge >= 0.3 is 0 Å². The summed E-state index contributed by atoms with van der Waals surface area (Å²) in [7, 11) is -3.09. The molecule has 0 spiro atoms. The quantitative estimate of drug-likeness (QED) is 0.353. The molecule has 1 heterocycles. The van der Waals surface area contributed by atoms with Gasteiger partial charge in [-0.15, -0.1) is 0 Å². The van der Waals surface area contributed by atoms with Crippen molar-refractivity contribution in [3.63, 3.8) is 0 Å². The summed E-state index contributed by atoms with van der Waals surface area (Å²) in [6.07, 6.45) is 3.42. The van der Waals surface area contributed by atoms with Crippen LogP contribution in [-0.2, 0) is 16.4 Å². The number of sulfonamides is 1. The number of phenols is 1. The molecule has 0 radical (unpaired) electrons. The van der Waals surface area contributed by atoms with Crippen LogP contribution in [0.5, 0.6) is 5.75 Å². The van der Waals surface area contributed by atoms with Crippen molar-refractivity contribution in [3.8, 4) is 5.75 Å². The van der Waals surface area contributed by atoms with Crippen molar-refractivity contribution in [3.05, 3.63) is 29.8 Å². The van der Waals surface area contributed by atoms with Crippen LogP contribution in [0.2, 0.25) is 0 Å². The Kier molecular flexibility index (Phi) is 8.37. The molecular weight excluding hydrogens is 364 g/mol. The highest BCUT2D eigenvalue weighted by Gasteiger charge is 2.26. The fraction of sp³-hybridized carbons (Fsp3) is 0.632. The van der Waals surface area contributed by atoms with E-state index in [-0.39, 0.29) is 17.5 Å². The molecule has 1 aliphatic heterocycles. The normalized spacial score (nSPS) is 17.0. The lowest BCUT2D eigenvalue weighted by Crippen LogP contribution is -2.50. The van der Waals surface area contributed by atoms with E-state index >= 15 is 0 Å². The van der Waals surface area contributed by atoms with Gasteiger partial charge in [-0.25, -0.2) is 12.7 Å². The van der Waals surface area contributed by atoms with Gasteiger partial charge in [-0.3, -0.25) is 4.99 Å². The molecule has 27 heavy (non-hydrogen) atoms. The first kappa shape index (κ1) is 21.5. The third-order valence-electron chi connectivity index (χ3n) is 4.73. The molecule has 1 aromatic carbocycles. The summed E-state index contributed by atoms with van der Waals surface area (Å²) in [6.45, 7) is 6.34. The first-order valence-electron chi connectivity index (χ1n) is 9.75. The van der Waals surface area contributed by atoms with Crippen LogP contribution in [0.3, 0.4) is 0 Å². The molecule has 152 valence electrons. The number of benzene rings is 1. The first-order chi connectivity index (χ1) is 12.9. The summed E-state index contributed by atoms with van der Waals surface area (Å²) in [5.41, 5.74) is 1.19. The Morgan fingerprint density at radius 1 is 1.22 bits per heavy atom. The van der Waals surface area contributed by atoms with Gasteiger partial charge in [0.05, 0.1) is 5.75 Å². The van der Waals surface area contributed by atoms with Crippen molar-refractivity contribution in [1.82, 2.24) is 14.9 Å². The van der Waals surface area contributed by atoms with E-state index in [9.17, 15) is 13.5 Å². The molecule has 3 N–H and O–H groups in total. The van der Waals surface area contributed by atoms with Crippen LogP contribution in [0.25, 0.3) is 0 Å². The number of phenolic OH excluding ortho intramolecular Hbond substituents is 1. The molecule has 0 bridgehead atoms. The van der Waals surface area contributed by atoms with Crippen LogP contribution in [0.1, 0.15) is 38.7 Å². The van der Waals surface area contributed by atoms with Crippen LogP contribution in [0, 0.1) is 0 Å². The smallest absolute Gasteiger partial charge is 0.213 e. The summed E-state index contributed by atoms with van der Waals surface area (Å²) in [5, 5.41) is 16.0. The van der Waals surface area contributed by atoms with Crippen molar-refractivity contribution >= 4 is 16.0 Å². The number of hydrogen-bond donors (Lipinski definition) is 3. The zero-order chi connectivity index (χ0) is 19.7. The van der Waals surface area contributed by atoms with Crippen molar-refractivity contribution in [2.45, 2.75) is 45.6 Å². The van der Waals surface area contributed by atoms with Crippen molar-refractivity contribution in [2.75, 3.05) is 31.9 Å². The number of aryl methyl sites for hydroxylation is 1. The SMILES string of the molecule is CCNC(=NCCCc1ccc(O)cc1)NC1CCN(S(=O)(=O)CC)CC1. The third kappa shape index (κ3) is 7.03. The Morgan fingerprint density at radius 2 is 1.89 bits per heavy atom. The predicted molar refractivity (Wildman–Crippen MR) is 110 cm³/mol. The molecule has 1 aliphatic rings. The summed E-state index contributed by atoms with van der Waals surface area (Å²) in [5.74, 6) is 1.24.